The maximum Gasteiger partial charge on any atom is 0.338 e. The molecule has 1 saturated heterocycles. The Morgan fingerprint density at radius 1 is 0.926 bits per heavy atom. The molecule has 27 heavy (non-hydrogen) atoms. The van der Waals surface area contributed by atoms with Crippen molar-refractivity contribution in [1.82, 2.24) is 0 Å². The number of hydrogen-bond acceptors (Lipinski definition) is 6. The number of carbonyl (C=O) groups excluding carboxylic acids is 2. The fourth-order valence-corrected chi connectivity index (χ4v) is 2.89. The van der Waals surface area contributed by atoms with E-state index in [0.29, 0.717) is 24.0 Å². The number of esters is 2. The number of methoxy groups -OCH3 is 1. The van der Waals surface area contributed by atoms with Gasteiger partial charge in [0, 0.05) is 13.5 Å². The van der Waals surface area contributed by atoms with Gasteiger partial charge in [0.15, 0.2) is 6.29 Å². The van der Waals surface area contributed by atoms with Crippen molar-refractivity contribution >= 4 is 11.9 Å². The lowest BCUT2D eigenvalue weighted by Crippen LogP contribution is -2.45. The number of benzene rings is 2. The predicted molar refractivity (Wildman–Crippen MR) is 97.3 cm³/mol. The van der Waals surface area contributed by atoms with Gasteiger partial charge in [-0.15, -0.1) is 0 Å². The Balaban J connectivity index is 1.63. The average molecular weight is 370 g/mol. The maximum absolute atomic E-state index is 12.4. The molecule has 0 aromatic heterocycles. The summed E-state index contributed by atoms with van der Waals surface area (Å²) in [6.45, 7) is -0.0275. The third-order valence-electron chi connectivity index (χ3n) is 4.35. The highest BCUT2D eigenvalue weighted by Gasteiger charge is 2.35. The van der Waals surface area contributed by atoms with Crippen molar-refractivity contribution in [2.24, 2.45) is 0 Å². The van der Waals surface area contributed by atoms with Crippen molar-refractivity contribution in [1.29, 1.82) is 0 Å². The van der Waals surface area contributed by atoms with E-state index in [2.05, 4.69) is 0 Å². The Morgan fingerprint density at radius 3 is 2.11 bits per heavy atom. The molecule has 2 aromatic rings. The van der Waals surface area contributed by atoms with Gasteiger partial charge in [0.1, 0.15) is 18.8 Å². The summed E-state index contributed by atoms with van der Waals surface area (Å²) in [5.74, 6) is -0.883. The van der Waals surface area contributed by atoms with Crippen LogP contribution in [0.1, 0.15) is 33.6 Å². The van der Waals surface area contributed by atoms with Gasteiger partial charge in [-0.2, -0.15) is 0 Å². The summed E-state index contributed by atoms with van der Waals surface area (Å²) >= 11 is 0. The summed E-state index contributed by atoms with van der Waals surface area (Å²) in [5.41, 5.74) is 0.917. The van der Waals surface area contributed by atoms with Crippen LogP contribution in [0.15, 0.2) is 60.7 Å². The zero-order chi connectivity index (χ0) is 19.1. The van der Waals surface area contributed by atoms with Crippen LogP contribution < -0.4 is 0 Å². The molecular formula is C21H22O6. The number of rotatable bonds is 6. The van der Waals surface area contributed by atoms with Gasteiger partial charge in [0.05, 0.1) is 11.1 Å². The van der Waals surface area contributed by atoms with Crippen molar-refractivity contribution in [2.45, 2.75) is 31.3 Å². The fourth-order valence-electron chi connectivity index (χ4n) is 2.89. The predicted octanol–water partition coefficient (Wildman–Crippen LogP) is 3.22. The van der Waals surface area contributed by atoms with E-state index in [1.54, 1.807) is 55.6 Å². The minimum absolute atomic E-state index is 0.0275. The molecule has 6 heteroatoms. The molecule has 0 amide bonds. The molecule has 142 valence electrons. The van der Waals surface area contributed by atoms with Gasteiger partial charge in [0.2, 0.25) is 0 Å². The van der Waals surface area contributed by atoms with Crippen LogP contribution >= 0.6 is 0 Å². The summed E-state index contributed by atoms with van der Waals surface area (Å²) < 4.78 is 22.0. The summed E-state index contributed by atoms with van der Waals surface area (Å²) in [7, 11) is 1.55. The first kappa shape index (κ1) is 19.1. The second kappa shape index (κ2) is 9.30. The second-order valence-electron chi connectivity index (χ2n) is 6.19. The summed E-state index contributed by atoms with van der Waals surface area (Å²) in [6.07, 6.45) is -0.384. The topological polar surface area (TPSA) is 71.1 Å². The molecule has 0 aliphatic carbocycles. The van der Waals surface area contributed by atoms with Gasteiger partial charge in [-0.3, -0.25) is 0 Å². The molecular weight excluding hydrogens is 348 g/mol. The highest BCUT2D eigenvalue weighted by atomic mass is 16.7. The van der Waals surface area contributed by atoms with Crippen LogP contribution in [-0.4, -0.2) is 44.2 Å². The number of carbonyl (C=O) groups is 2. The molecule has 0 radical (unpaired) electrons. The van der Waals surface area contributed by atoms with E-state index in [9.17, 15) is 9.59 Å². The van der Waals surface area contributed by atoms with Gasteiger partial charge in [-0.1, -0.05) is 36.4 Å². The van der Waals surface area contributed by atoms with Gasteiger partial charge >= 0.3 is 11.9 Å². The van der Waals surface area contributed by atoms with Gasteiger partial charge in [-0.05, 0) is 30.7 Å². The quantitative estimate of drug-likeness (QED) is 0.727. The van der Waals surface area contributed by atoms with Crippen molar-refractivity contribution in [3.05, 3.63) is 71.8 Å². The lowest BCUT2D eigenvalue weighted by atomic mass is 10.0. The second-order valence-corrected chi connectivity index (χ2v) is 6.19. The molecule has 1 aliphatic rings. The SMILES string of the molecule is CO[C@@H]1CC[C@H](OC(=O)c2ccccc2)[C@@H](COC(=O)c2ccccc2)O1. The lowest BCUT2D eigenvalue weighted by molar-refractivity contribution is -0.219. The van der Waals surface area contributed by atoms with Crippen molar-refractivity contribution in [3.63, 3.8) is 0 Å². The van der Waals surface area contributed by atoms with Crippen molar-refractivity contribution < 1.29 is 28.5 Å². The minimum atomic E-state index is -0.593. The zero-order valence-corrected chi connectivity index (χ0v) is 15.1. The smallest absolute Gasteiger partial charge is 0.338 e. The molecule has 1 heterocycles. The molecule has 0 saturated carbocycles. The van der Waals surface area contributed by atoms with E-state index in [4.69, 9.17) is 18.9 Å². The van der Waals surface area contributed by atoms with E-state index in [-0.39, 0.29) is 6.61 Å². The van der Waals surface area contributed by atoms with Crippen LogP contribution in [0, 0.1) is 0 Å². The van der Waals surface area contributed by atoms with Crippen LogP contribution in [0.5, 0.6) is 0 Å². The zero-order valence-electron chi connectivity index (χ0n) is 15.1. The Morgan fingerprint density at radius 2 is 1.52 bits per heavy atom. The van der Waals surface area contributed by atoms with Gasteiger partial charge in [-0.25, -0.2) is 9.59 Å². The number of hydrogen-bond donors (Lipinski definition) is 0. The first-order valence-corrected chi connectivity index (χ1v) is 8.84. The van der Waals surface area contributed by atoms with Crippen LogP contribution in [0.25, 0.3) is 0 Å². The van der Waals surface area contributed by atoms with Crippen LogP contribution in [0.4, 0.5) is 0 Å². The van der Waals surface area contributed by atoms with Crippen molar-refractivity contribution in [2.75, 3.05) is 13.7 Å². The Kier molecular flexibility index (Phi) is 6.57. The van der Waals surface area contributed by atoms with E-state index in [1.165, 1.54) is 0 Å². The molecule has 3 atom stereocenters. The molecule has 1 fully saturated rings. The van der Waals surface area contributed by atoms with E-state index in [0.717, 1.165) is 0 Å². The third kappa shape index (κ3) is 5.15. The lowest BCUT2D eigenvalue weighted by Gasteiger charge is -2.34. The molecule has 0 spiro atoms. The van der Waals surface area contributed by atoms with Crippen LogP contribution in [0.3, 0.4) is 0 Å². The standard InChI is InChI=1S/C21H22O6/c1-24-19-13-12-17(27-21(23)16-10-6-3-7-11-16)18(26-19)14-25-20(22)15-8-4-2-5-9-15/h2-11,17-19H,12-14H2,1H3/t17-,18+,19-/m0/s1. The van der Waals surface area contributed by atoms with Crippen LogP contribution in [-0.2, 0) is 18.9 Å². The van der Waals surface area contributed by atoms with Gasteiger partial charge in [0.25, 0.3) is 0 Å². The molecule has 1 aliphatic heterocycles. The monoisotopic (exact) mass is 370 g/mol. The van der Waals surface area contributed by atoms with Gasteiger partial charge < -0.3 is 18.9 Å². The maximum atomic E-state index is 12.4. The highest BCUT2D eigenvalue weighted by molar-refractivity contribution is 5.90. The summed E-state index contributed by atoms with van der Waals surface area (Å²) in [6, 6.07) is 17.5. The molecule has 0 bridgehead atoms. The molecule has 6 nitrogen and oxygen atoms in total. The van der Waals surface area contributed by atoms with E-state index < -0.39 is 30.4 Å². The fraction of sp³-hybridized carbons (Fsp3) is 0.333. The molecule has 3 rings (SSSR count). The first-order chi connectivity index (χ1) is 13.2. The van der Waals surface area contributed by atoms with Crippen LogP contribution in [0.2, 0.25) is 0 Å². The minimum Gasteiger partial charge on any atom is -0.459 e. The number of ether oxygens (including phenoxy) is 4. The van der Waals surface area contributed by atoms with E-state index >= 15 is 0 Å². The molecule has 0 N–H and O–H groups in total. The summed E-state index contributed by atoms with van der Waals surface area (Å²) in [5, 5.41) is 0. The summed E-state index contributed by atoms with van der Waals surface area (Å²) in [4.78, 5) is 24.5. The van der Waals surface area contributed by atoms with E-state index in [1.807, 2.05) is 12.1 Å². The largest absolute Gasteiger partial charge is 0.459 e. The molecule has 2 aromatic carbocycles. The average Bonchev–Trinajstić information content (AvgIpc) is 2.74. The first-order valence-electron chi connectivity index (χ1n) is 8.84. The Labute approximate surface area is 158 Å². The Hall–Kier alpha value is -2.70. The highest BCUT2D eigenvalue weighted by Crippen LogP contribution is 2.24. The third-order valence-corrected chi connectivity index (χ3v) is 4.35. The molecule has 0 unspecified atom stereocenters. The normalized spacial score (nSPS) is 22.0. The Bertz CT molecular complexity index is 746. The van der Waals surface area contributed by atoms with Crippen molar-refractivity contribution in [3.8, 4) is 0 Å².